The third-order valence-corrected chi connectivity index (χ3v) is 4.38. The third kappa shape index (κ3) is 3.45. The summed E-state index contributed by atoms with van der Waals surface area (Å²) in [5.74, 6) is 0.997. The van der Waals surface area contributed by atoms with E-state index in [4.69, 9.17) is 0 Å². The van der Waals surface area contributed by atoms with Gasteiger partial charge < -0.3 is 4.90 Å². The number of hydrogen-bond acceptors (Lipinski definition) is 4. The first-order chi connectivity index (χ1) is 10.6. The van der Waals surface area contributed by atoms with Crippen molar-refractivity contribution in [3.8, 4) is 0 Å². The van der Waals surface area contributed by atoms with Crippen LogP contribution in [0.2, 0.25) is 0 Å². The van der Waals surface area contributed by atoms with Gasteiger partial charge in [-0.3, -0.25) is 4.90 Å². The summed E-state index contributed by atoms with van der Waals surface area (Å²) in [4.78, 5) is 4.85. The van der Waals surface area contributed by atoms with Gasteiger partial charge in [0.25, 0.3) is 0 Å². The largest absolute Gasteiger partial charge is 0.353 e. The van der Waals surface area contributed by atoms with Gasteiger partial charge in [-0.1, -0.05) is 23.8 Å². The summed E-state index contributed by atoms with van der Waals surface area (Å²) in [5.41, 5.74) is 5.15. The first-order valence-corrected chi connectivity index (χ1v) is 7.95. The number of aromatic nitrogens is 2. The number of benzene rings is 1. The van der Waals surface area contributed by atoms with E-state index in [9.17, 15) is 0 Å². The van der Waals surface area contributed by atoms with Gasteiger partial charge in [0.2, 0.25) is 0 Å². The van der Waals surface area contributed by atoms with Gasteiger partial charge >= 0.3 is 0 Å². The van der Waals surface area contributed by atoms with Crippen molar-refractivity contribution in [2.75, 3.05) is 31.1 Å². The molecule has 1 aliphatic heterocycles. The smallest absolute Gasteiger partial charge is 0.151 e. The van der Waals surface area contributed by atoms with E-state index in [0.717, 1.165) is 44.2 Å². The molecule has 1 aromatic carbocycles. The quantitative estimate of drug-likeness (QED) is 0.872. The fourth-order valence-corrected chi connectivity index (χ4v) is 2.91. The lowest BCUT2D eigenvalue weighted by molar-refractivity contribution is 0.248. The summed E-state index contributed by atoms with van der Waals surface area (Å²) in [7, 11) is 0. The Bertz CT molecular complexity index is 628. The average molecular weight is 296 g/mol. The fourth-order valence-electron chi connectivity index (χ4n) is 2.91. The zero-order valence-electron chi connectivity index (χ0n) is 13.7. The lowest BCUT2D eigenvalue weighted by atomic mass is 10.0. The van der Waals surface area contributed by atoms with E-state index in [-0.39, 0.29) is 0 Å². The molecule has 2 aromatic rings. The van der Waals surface area contributed by atoms with Crippen molar-refractivity contribution in [2.45, 2.75) is 27.3 Å². The first kappa shape index (κ1) is 15.0. The number of piperazine rings is 1. The van der Waals surface area contributed by atoms with E-state index in [2.05, 4.69) is 58.1 Å². The van der Waals surface area contributed by atoms with Crippen molar-refractivity contribution in [1.82, 2.24) is 15.1 Å². The minimum Gasteiger partial charge on any atom is -0.353 e. The van der Waals surface area contributed by atoms with Crippen molar-refractivity contribution < 1.29 is 0 Å². The highest BCUT2D eigenvalue weighted by molar-refractivity contribution is 5.38. The molecule has 0 spiro atoms. The lowest BCUT2D eigenvalue weighted by Gasteiger charge is -2.35. The molecule has 0 saturated carbocycles. The van der Waals surface area contributed by atoms with Crippen molar-refractivity contribution in [1.29, 1.82) is 0 Å². The summed E-state index contributed by atoms with van der Waals surface area (Å²) < 4.78 is 0. The molecule has 1 saturated heterocycles. The fraction of sp³-hybridized carbons (Fsp3) is 0.444. The maximum absolute atomic E-state index is 4.29. The minimum atomic E-state index is 0.970. The molecule has 0 N–H and O–H groups in total. The Morgan fingerprint density at radius 3 is 2.36 bits per heavy atom. The van der Waals surface area contributed by atoms with Gasteiger partial charge in [-0.05, 0) is 44.0 Å². The normalized spacial score (nSPS) is 16.0. The second-order valence-corrected chi connectivity index (χ2v) is 6.23. The second-order valence-electron chi connectivity index (χ2n) is 6.23. The Labute approximate surface area is 132 Å². The van der Waals surface area contributed by atoms with E-state index in [1.807, 2.05) is 13.0 Å². The monoisotopic (exact) mass is 296 g/mol. The summed E-state index contributed by atoms with van der Waals surface area (Å²) >= 11 is 0. The Morgan fingerprint density at radius 2 is 1.68 bits per heavy atom. The summed E-state index contributed by atoms with van der Waals surface area (Å²) in [6.45, 7) is 11.6. The van der Waals surface area contributed by atoms with Crippen LogP contribution in [0.25, 0.3) is 0 Å². The molecule has 2 heterocycles. The van der Waals surface area contributed by atoms with Gasteiger partial charge in [0.15, 0.2) is 5.82 Å². The molecule has 4 heteroatoms. The van der Waals surface area contributed by atoms with E-state index < -0.39 is 0 Å². The van der Waals surface area contributed by atoms with Gasteiger partial charge in [-0.2, -0.15) is 5.10 Å². The second kappa shape index (κ2) is 6.44. The third-order valence-electron chi connectivity index (χ3n) is 4.38. The van der Waals surface area contributed by atoms with Crippen LogP contribution in [0, 0.1) is 20.8 Å². The molecule has 22 heavy (non-hydrogen) atoms. The van der Waals surface area contributed by atoms with Crippen LogP contribution < -0.4 is 4.90 Å². The summed E-state index contributed by atoms with van der Waals surface area (Å²) in [6.07, 6.45) is 0. The minimum absolute atomic E-state index is 0.970. The number of rotatable bonds is 3. The van der Waals surface area contributed by atoms with Crippen LogP contribution in [0.3, 0.4) is 0 Å². The molecule has 4 nitrogen and oxygen atoms in total. The van der Waals surface area contributed by atoms with Gasteiger partial charge in [0.1, 0.15) is 0 Å². The Balaban J connectivity index is 1.60. The van der Waals surface area contributed by atoms with Crippen LogP contribution in [0.1, 0.15) is 22.4 Å². The van der Waals surface area contributed by atoms with Crippen LogP contribution in [-0.4, -0.2) is 41.3 Å². The molecule has 0 aliphatic carbocycles. The molecule has 1 aromatic heterocycles. The molecule has 3 rings (SSSR count). The molecule has 0 bridgehead atoms. The predicted octanol–water partition coefficient (Wildman–Crippen LogP) is 2.72. The van der Waals surface area contributed by atoms with Crippen LogP contribution >= 0.6 is 0 Å². The maximum Gasteiger partial charge on any atom is 0.151 e. The van der Waals surface area contributed by atoms with Crippen LogP contribution in [0.15, 0.2) is 30.3 Å². The van der Waals surface area contributed by atoms with Crippen LogP contribution in [-0.2, 0) is 6.54 Å². The van der Waals surface area contributed by atoms with Crippen LogP contribution in [0.5, 0.6) is 0 Å². The molecule has 116 valence electrons. The Morgan fingerprint density at radius 1 is 0.909 bits per heavy atom. The first-order valence-electron chi connectivity index (χ1n) is 7.95. The Hall–Kier alpha value is -1.94. The van der Waals surface area contributed by atoms with E-state index in [1.165, 1.54) is 16.7 Å². The molecular formula is C18H24N4. The standard InChI is InChI=1S/C18H24N4/c1-14-4-5-15(2)17(12-14)13-21-8-10-22(11-9-21)18-7-6-16(3)19-20-18/h4-7,12H,8-11,13H2,1-3H3. The Kier molecular flexibility index (Phi) is 4.39. The summed E-state index contributed by atoms with van der Waals surface area (Å²) in [5, 5.41) is 8.45. The van der Waals surface area contributed by atoms with Crippen molar-refractivity contribution >= 4 is 5.82 Å². The number of anilines is 1. The van der Waals surface area contributed by atoms with Crippen molar-refractivity contribution in [3.05, 3.63) is 52.7 Å². The molecule has 1 aliphatic rings. The predicted molar refractivity (Wildman–Crippen MR) is 90.2 cm³/mol. The van der Waals surface area contributed by atoms with E-state index in [0.29, 0.717) is 0 Å². The molecule has 1 fully saturated rings. The highest BCUT2D eigenvalue weighted by Gasteiger charge is 2.18. The molecule has 0 atom stereocenters. The number of nitrogens with zero attached hydrogens (tertiary/aromatic N) is 4. The highest BCUT2D eigenvalue weighted by atomic mass is 15.3. The van der Waals surface area contributed by atoms with Gasteiger partial charge in [-0.15, -0.1) is 5.10 Å². The SMILES string of the molecule is Cc1ccc(C)c(CN2CCN(c3ccc(C)nn3)CC2)c1. The van der Waals surface area contributed by atoms with E-state index >= 15 is 0 Å². The van der Waals surface area contributed by atoms with Crippen LogP contribution in [0.4, 0.5) is 5.82 Å². The zero-order valence-corrected chi connectivity index (χ0v) is 13.7. The molecule has 0 radical (unpaired) electrons. The highest BCUT2D eigenvalue weighted by Crippen LogP contribution is 2.17. The van der Waals surface area contributed by atoms with Gasteiger partial charge in [0.05, 0.1) is 5.69 Å². The van der Waals surface area contributed by atoms with Gasteiger partial charge in [0, 0.05) is 32.7 Å². The lowest BCUT2D eigenvalue weighted by Crippen LogP contribution is -2.46. The van der Waals surface area contributed by atoms with Crippen molar-refractivity contribution in [2.24, 2.45) is 0 Å². The summed E-state index contributed by atoms with van der Waals surface area (Å²) in [6, 6.07) is 10.8. The maximum atomic E-state index is 4.29. The van der Waals surface area contributed by atoms with Gasteiger partial charge in [-0.25, -0.2) is 0 Å². The zero-order chi connectivity index (χ0) is 15.5. The number of hydrogen-bond donors (Lipinski definition) is 0. The topological polar surface area (TPSA) is 32.3 Å². The van der Waals surface area contributed by atoms with E-state index in [1.54, 1.807) is 0 Å². The molecular weight excluding hydrogens is 272 g/mol. The molecule has 0 unspecified atom stereocenters. The van der Waals surface area contributed by atoms with Crippen molar-refractivity contribution in [3.63, 3.8) is 0 Å². The average Bonchev–Trinajstić information content (AvgIpc) is 2.53. The molecule has 0 amide bonds. The number of aryl methyl sites for hydroxylation is 3.